The maximum atomic E-state index is 11.6. The Kier molecular flexibility index (Phi) is 4.39. The molecule has 1 rings (SSSR count). The Labute approximate surface area is 89.4 Å². The number of hydrogen-bond donors (Lipinski definition) is 2. The summed E-state index contributed by atoms with van der Waals surface area (Å²) >= 11 is 0. The SMILES string of the molecule is CCNC(=O)N1CCCCC1CC(=O)O. The van der Waals surface area contributed by atoms with Gasteiger partial charge in [0.05, 0.1) is 6.42 Å². The van der Waals surface area contributed by atoms with Crippen molar-refractivity contribution in [3.05, 3.63) is 0 Å². The summed E-state index contributed by atoms with van der Waals surface area (Å²) in [6.45, 7) is 3.10. The predicted molar refractivity (Wildman–Crippen MR) is 55.7 cm³/mol. The Hall–Kier alpha value is -1.26. The molecule has 2 N–H and O–H groups in total. The zero-order valence-corrected chi connectivity index (χ0v) is 9.03. The van der Waals surface area contributed by atoms with Gasteiger partial charge < -0.3 is 15.3 Å². The van der Waals surface area contributed by atoms with E-state index in [-0.39, 0.29) is 18.5 Å². The Bertz CT molecular complexity index is 243. The van der Waals surface area contributed by atoms with Crippen LogP contribution in [0, 0.1) is 0 Å². The monoisotopic (exact) mass is 214 g/mol. The molecule has 1 heterocycles. The molecule has 0 aliphatic carbocycles. The van der Waals surface area contributed by atoms with Gasteiger partial charge in [-0.3, -0.25) is 4.79 Å². The van der Waals surface area contributed by atoms with Gasteiger partial charge in [0, 0.05) is 19.1 Å². The molecule has 0 aromatic carbocycles. The number of aliphatic carboxylic acids is 1. The maximum absolute atomic E-state index is 11.6. The quantitative estimate of drug-likeness (QED) is 0.737. The molecule has 5 heteroatoms. The van der Waals surface area contributed by atoms with Crippen LogP contribution in [-0.2, 0) is 4.79 Å². The molecule has 86 valence electrons. The lowest BCUT2D eigenvalue weighted by Crippen LogP contribution is -2.49. The lowest BCUT2D eigenvalue weighted by molar-refractivity contribution is -0.138. The summed E-state index contributed by atoms with van der Waals surface area (Å²) in [5.41, 5.74) is 0. The number of nitrogens with zero attached hydrogens (tertiary/aromatic N) is 1. The Morgan fingerprint density at radius 3 is 2.80 bits per heavy atom. The molecule has 0 radical (unpaired) electrons. The molecule has 0 aromatic heterocycles. The summed E-state index contributed by atoms with van der Waals surface area (Å²) in [5, 5.41) is 11.4. The Morgan fingerprint density at radius 1 is 1.47 bits per heavy atom. The van der Waals surface area contributed by atoms with Crippen molar-refractivity contribution in [3.63, 3.8) is 0 Å². The van der Waals surface area contributed by atoms with E-state index in [9.17, 15) is 9.59 Å². The fraction of sp³-hybridized carbons (Fsp3) is 0.800. The van der Waals surface area contributed by atoms with Crippen molar-refractivity contribution in [1.82, 2.24) is 10.2 Å². The van der Waals surface area contributed by atoms with Crippen LogP contribution in [-0.4, -0.2) is 41.1 Å². The predicted octanol–water partition coefficient (Wildman–Crippen LogP) is 1.05. The number of carboxylic acids is 1. The van der Waals surface area contributed by atoms with E-state index >= 15 is 0 Å². The zero-order valence-electron chi connectivity index (χ0n) is 9.03. The van der Waals surface area contributed by atoms with Crippen molar-refractivity contribution in [2.45, 2.75) is 38.6 Å². The van der Waals surface area contributed by atoms with E-state index in [0.717, 1.165) is 19.3 Å². The molecule has 15 heavy (non-hydrogen) atoms. The van der Waals surface area contributed by atoms with Gasteiger partial charge in [-0.15, -0.1) is 0 Å². The van der Waals surface area contributed by atoms with Gasteiger partial charge in [-0.2, -0.15) is 0 Å². The van der Waals surface area contributed by atoms with Crippen molar-refractivity contribution >= 4 is 12.0 Å². The second-order valence-corrected chi connectivity index (χ2v) is 3.78. The number of nitrogens with one attached hydrogen (secondary N) is 1. The summed E-state index contributed by atoms with van der Waals surface area (Å²) in [7, 11) is 0. The van der Waals surface area contributed by atoms with E-state index in [1.54, 1.807) is 4.90 Å². The van der Waals surface area contributed by atoms with Crippen LogP contribution in [0.1, 0.15) is 32.6 Å². The second kappa shape index (κ2) is 5.58. The number of rotatable bonds is 3. The number of carboxylic acid groups (broad SMARTS) is 1. The summed E-state index contributed by atoms with van der Waals surface area (Å²) in [4.78, 5) is 23.9. The number of likely N-dealkylation sites (tertiary alicyclic amines) is 1. The van der Waals surface area contributed by atoms with Gasteiger partial charge in [0.2, 0.25) is 0 Å². The maximum Gasteiger partial charge on any atom is 0.317 e. The molecule has 0 aromatic rings. The molecule has 2 amide bonds. The standard InChI is InChI=1S/C10H18N2O3/c1-2-11-10(15)12-6-4-3-5-8(12)7-9(13)14/h8H,2-7H2,1H3,(H,11,15)(H,13,14). The third-order valence-electron chi connectivity index (χ3n) is 2.63. The molecular weight excluding hydrogens is 196 g/mol. The highest BCUT2D eigenvalue weighted by molar-refractivity contribution is 5.76. The highest BCUT2D eigenvalue weighted by Gasteiger charge is 2.27. The fourth-order valence-corrected chi connectivity index (χ4v) is 1.93. The van der Waals surface area contributed by atoms with Crippen molar-refractivity contribution in [1.29, 1.82) is 0 Å². The Balaban J connectivity index is 2.56. The van der Waals surface area contributed by atoms with Gasteiger partial charge in [-0.1, -0.05) is 0 Å². The van der Waals surface area contributed by atoms with Crippen molar-refractivity contribution in [2.75, 3.05) is 13.1 Å². The molecule has 1 aliphatic rings. The molecule has 5 nitrogen and oxygen atoms in total. The average Bonchev–Trinajstić information content (AvgIpc) is 2.18. The lowest BCUT2D eigenvalue weighted by atomic mass is 10.00. The largest absolute Gasteiger partial charge is 0.481 e. The molecule has 0 bridgehead atoms. The summed E-state index contributed by atoms with van der Waals surface area (Å²) in [6.07, 6.45) is 2.82. The van der Waals surface area contributed by atoms with Gasteiger partial charge in [0.15, 0.2) is 0 Å². The minimum absolute atomic E-state index is 0.0527. The molecule has 0 saturated carbocycles. The van der Waals surface area contributed by atoms with Crippen LogP contribution in [0.3, 0.4) is 0 Å². The van der Waals surface area contributed by atoms with Crippen LogP contribution in [0.15, 0.2) is 0 Å². The summed E-state index contributed by atoms with van der Waals surface area (Å²) < 4.78 is 0. The van der Waals surface area contributed by atoms with Gasteiger partial charge in [-0.25, -0.2) is 4.79 Å². The normalized spacial score (nSPS) is 21.1. The minimum Gasteiger partial charge on any atom is -0.481 e. The van der Waals surface area contributed by atoms with Crippen LogP contribution in [0.25, 0.3) is 0 Å². The molecule has 1 fully saturated rings. The van der Waals surface area contributed by atoms with Crippen molar-refractivity contribution < 1.29 is 14.7 Å². The summed E-state index contributed by atoms with van der Waals surface area (Å²) in [5.74, 6) is -0.837. The number of carbonyl (C=O) groups is 2. The van der Waals surface area contributed by atoms with E-state index in [1.165, 1.54) is 0 Å². The number of urea groups is 1. The summed E-state index contributed by atoms with van der Waals surface area (Å²) in [6, 6.07) is -0.272. The third-order valence-corrected chi connectivity index (χ3v) is 2.63. The number of carbonyl (C=O) groups excluding carboxylic acids is 1. The fourth-order valence-electron chi connectivity index (χ4n) is 1.93. The number of piperidine rings is 1. The van der Waals surface area contributed by atoms with E-state index in [1.807, 2.05) is 6.92 Å². The van der Waals surface area contributed by atoms with Crippen LogP contribution in [0.2, 0.25) is 0 Å². The van der Waals surface area contributed by atoms with Crippen LogP contribution >= 0.6 is 0 Å². The first kappa shape index (κ1) is 11.8. The first-order valence-corrected chi connectivity index (χ1v) is 5.41. The van der Waals surface area contributed by atoms with Gasteiger partial charge >= 0.3 is 12.0 Å². The molecular formula is C10H18N2O3. The third kappa shape index (κ3) is 3.42. The van der Waals surface area contributed by atoms with E-state index in [4.69, 9.17) is 5.11 Å². The van der Waals surface area contributed by atoms with Gasteiger partial charge in [0.25, 0.3) is 0 Å². The molecule has 1 unspecified atom stereocenters. The molecule has 1 atom stereocenters. The topological polar surface area (TPSA) is 69.6 Å². The smallest absolute Gasteiger partial charge is 0.317 e. The number of hydrogen-bond acceptors (Lipinski definition) is 2. The van der Waals surface area contributed by atoms with Crippen LogP contribution < -0.4 is 5.32 Å². The van der Waals surface area contributed by atoms with Crippen molar-refractivity contribution in [3.8, 4) is 0 Å². The van der Waals surface area contributed by atoms with Crippen LogP contribution in [0.4, 0.5) is 4.79 Å². The highest BCUT2D eigenvalue weighted by atomic mass is 16.4. The second-order valence-electron chi connectivity index (χ2n) is 3.78. The zero-order chi connectivity index (χ0) is 11.3. The highest BCUT2D eigenvalue weighted by Crippen LogP contribution is 2.19. The van der Waals surface area contributed by atoms with Crippen LogP contribution in [0.5, 0.6) is 0 Å². The molecule has 0 spiro atoms. The van der Waals surface area contributed by atoms with Gasteiger partial charge in [-0.05, 0) is 26.2 Å². The Morgan fingerprint density at radius 2 is 2.20 bits per heavy atom. The number of amides is 2. The molecule has 1 aliphatic heterocycles. The van der Waals surface area contributed by atoms with E-state index < -0.39 is 5.97 Å². The lowest BCUT2D eigenvalue weighted by Gasteiger charge is -2.34. The first-order chi connectivity index (χ1) is 7.15. The van der Waals surface area contributed by atoms with Crippen molar-refractivity contribution in [2.24, 2.45) is 0 Å². The molecule has 1 saturated heterocycles. The average molecular weight is 214 g/mol. The van der Waals surface area contributed by atoms with Gasteiger partial charge in [0.1, 0.15) is 0 Å². The minimum atomic E-state index is -0.837. The van der Waals surface area contributed by atoms with E-state index in [0.29, 0.717) is 13.1 Å². The first-order valence-electron chi connectivity index (χ1n) is 5.41. The van der Waals surface area contributed by atoms with E-state index in [2.05, 4.69) is 5.32 Å².